The Morgan fingerprint density at radius 3 is 2.97 bits per heavy atom. The highest BCUT2D eigenvalue weighted by Gasteiger charge is 2.23. The number of hydrogen-bond acceptors (Lipinski definition) is 5. The van der Waals surface area contributed by atoms with Crippen molar-refractivity contribution in [1.82, 2.24) is 29.1 Å². The van der Waals surface area contributed by atoms with Crippen LogP contribution in [0.4, 0.5) is 0 Å². The van der Waals surface area contributed by atoms with E-state index in [0.717, 1.165) is 27.6 Å². The molecule has 1 aliphatic carbocycles. The predicted octanol–water partition coefficient (Wildman–Crippen LogP) is 4.49. The van der Waals surface area contributed by atoms with Gasteiger partial charge in [-0.25, -0.2) is 15.0 Å². The molecule has 9 heteroatoms. The number of amides is 1. The van der Waals surface area contributed by atoms with Crippen molar-refractivity contribution in [2.24, 2.45) is 0 Å². The van der Waals surface area contributed by atoms with Crippen molar-refractivity contribution in [1.29, 1.82) is 0 Å². The van der Waals surface area contributed by atoms with E-state index in [4.69, 9.17) is 16.6 Å². The quantitative estimate of drug-likeness (QED) is 0.403. The second-order valence-corrected chi connectivity index (χ2v) is 9.59. The molecule has 1 aliphatic rings. The largest absolute Gasteiger partial charge is 0.346 e. The van der Waals surface area contributed by atoms with Gasteiger partial charge in [-0.3, -0.25) is 4.79 Å². The summed E-state index contributed by atoms with van der Waals surface area (Å²) in [6, 6.07) is 7.88. The van der Waals surface area contributed by atoms with E-state index in [9.17, 15) is 4.79 Å². The van der Waals surface area contributed by atoms with Gasteiger partial charge in [0, 0.05) is 30.0 Å². The third kappa shape index (κ3) is 3.76. The molecule has 0 atom stereocenters. The maximum atomic E-state index is 12.6. The molecule has 0 bridgehead atoms. The third-order valence-corrected chi connectivity index (χ3v) is 6.91. The first-order chi connectivity index (χ1) is 15.6. The monoisotopic (exact) mass is 462 g/mol. The summed E-state index contributed by atoms with van der Waals surface area (Å²) in [4.78, 5) is 26.7. The lowest BCUT2D eigenvalue weighted by molar-refractivity contribution is 0.0954. The summed E-state index contributed by atoms with van der Waals surface area (Å²) in [5.41, 5.74) is 4.90. The molecule has 1 N–H and O–H groups in total. The number of carbonyl (C=O) groups excluding carboxylic acids is 1. The molecule has 7 nitrogen and oxygen atoms in total. The van der Waals surface area contributed by atoms with E-state index < -0.39 is 0 Å². The van der Waals surface area contributed by atoms with E-state index in [-0.39, 0.29) is 5.91 Å². The molecule has 160 valence electrons. The van der Waals surface area contributed by atoms with Crippen LogP contribution >= 0.6 is 22.9 Å². The van der Waals surface area contributed by atoms with Crippen LogP contribution in [0.2, 0.25) is 5.02 Å². The summed E-state index contributed by atoms with van der Waals surface area (Å²) in [5, 5.41) is 4.42. The number of nitrogens with one attached hydrogen (secondary N) is 1. The Bertz CT molecular complexity index is 1460. The molecule has 5 heterocycles. The standard InChI is InChI=1S/C23H19ClN6OS/c24-16-5-6-29-13-27-18(19(29)7-16)9-26-23(31)20-10-25-22(32-20)8-17-12-30-11-15(14-1-2-14)3-4-21(30)28-17/h3-7,10-14H,1-2,8-9H2,(H,26,31). The fourth-order valence-corrected chi connectivity index (χ4v) is 4.87. The number of rotatable bonds is 6. The zero-order valence-corrected chi connectivity index (χ0v) is 18.6. The molecule has 0 aliphatic heterocycles. The number of thiazole rings is 1. The van der Waals surface area contributed by atoms with E-state index in [1.54, 1.807) is 18.6 Å². The zero-order chi connectivity index (χ0) is 21.7. The van der Waals surface area contributed by atoms with Crippen LogP contribution in [0.15, 0.2) is 55.4 Å². The molecule has 0 radical (unpaired) electrons. The molecule has 0 unspecified atom stereocenters. The number of hydrogen-bond donors (Lipinski definition) is 1. The van der Waals surface area contributed by atoms with E-state index >= 15 is 0 Å². The van der Waals surface area contributed by atoms with Crippen LogP contribution in [0.3, 0.4) is 0 Å². The molecule has 5 aromatic heterocycles. The third-order valence-electron chi connectivity index (χ3n) is 5.68. The molecule has 1 fully saturated rings. The van der Waals surface area contributed by atoms with Crippen molar-refractivity contribution in [3.8, 4) is 0 Å². The molecule has 6 rings (SSSR count). The minimum Gasteiger partial charge on any atom is -0.346 e. The van der Waals surface area contributed by atoms with Gasteiger partial charge in [0.05, 0.1) is 41.0 Å². The van der Waals surface area contributed by atoms with Crippen molar-refractivity contribution >= 4 is 40.0 Å². The van der Waals surface area contributed by atoms with Crippen LogP contribution in [0, 0.1) is 0 Å². The van der Waals surface area contributed by atoms with Gasteiger partial charge in [0.1, 0.15) is 10.5 Å². The first-order valence-corrected chi connectivity index (χ1v) is 11.6. The molecule has 1 saturated carbocycles. The number of nitrogens with zero attached hydrogens (tertiary/aromatic N) is 5. The highest BCUT2D eigenvalue weighted by Crippen LogP contribution is 2.39. The van der Waals surface area contributed by atoms with Gasteiger partial charge in [-0.1, -0.05) is 17.7 Å². The Kier molecular flexibility index (Phi) is 4.69. The van der Waals surface area contributed by atoms with Crippen LogP contribution in [0.5, 0.6) is 0 Å². The van der Waals surface area contributed by atoms with E-state index in [0.29, 0.717) is 28.8 Å². The van der Waals surface area contributed by atoms with Crippen molar-refractivity contribution in [3.05, 3.63) is 87.2 Å². The Hall–Kier alpha value is -3.23. The average Bonchev–Trinajstić information content (AvgIpc) is 3.21. The van der Waals surface area contributed by atoms with E-state index in [1.807, 2.05) is 16.7 Å². The van der Waals surface area contributed by atoms with Gasteiger partial charge in [-0.15, -0.1) is 11.3 Å². The van der Waals surface area contributed by atoms with Gasteiger partial charge in [-0.2, -0.15) is 0 Å². The summed E-state index contributed by atoms with van der Waals surface area (Å²) >= 11 is 7.47. The Labute approximate surface area is 192 Å². The molecule has 0 aromatic carbocycles. The number of imidazole rings is 2. The zero-order valence-electron chi connectivity index (χ0n) is 17.0. The van der Waals surface area contributed by atoms with E-state index in [2.05, 4.69) is 44.2 Å². The van der Waals surface area contributed by atoms with Crippen molar-refractivity contribution in [2.75, 3.05) is 0 Å². The van der Waals surface area contributed by atoms with E-state index in [1.165, 1.54) is 29.7 Å². The van der Waals surface area contributed by atoms with Crippen LogP contribution in [0.25, 0.3) is 11.2 Å². The Morgan fingerprint density at radius 1 is 1.19 bits per heavy atom. The van der Waals surface area contributed by atoms with Gasteiger partial charge in [-0.05, 0) is 42.5 Å². The minimum absolute atomic E-state index is 0.166. The lowest BCUT2D eigenvalue weighted by atomic mass is 10.2. The highest BCUT2D eigenvalue weighted by molar-refractivity contribution is 7.13. The molecule has 0 saturated heterocycles. The van der Waals surface area contributed by atoms with Gasteiger partial charge in [0.2, 0.25) is 0 Å². The van der Waals surface area contributed by atoms with Crippen LogP contribution in [-0.2, 0) is 13.0 Å². The van der Waals surface area contributed by atoms with Crippen molar-refractivity contribution < 1.29 is 4.79 Å². The number of pyridine rings is 2. The summed E-state index contributed by atoms with van der Waals surface area (Å²) in [7, 11) is 0. The van der Waals surface area contributed by atoms with Gasteiger partial charge in [0.15, 0.2) is 0 Å². The molecule has 0 spiro atoms. The summed E-state index contributed by atoms with van der Waals surface area (Å²) in [5.74, 6) is 0.545. The smallest absolute Gasteiger partial charge is 0.263 e. The normalized spacial score (nSPS) is 13.8. The van der Waals surface area contributed by atoms with Crippen LogP contribution < -0.4 is 5.32 Å². The average molecular weight is 463 g/mol. The van der Waals surface area contributed by atoms with Gasteiger partial charge in [0.25, 0.3) is 5.91 Å². The van der Waals surface area contributed by atoms with Crippen LogP contribution in [0.1, 0.15) is 50.4 Å². The molecular weight excluding hydrogens is 444 g/mol. The number of aromatic nitrogens is 5. The fraction of sp³-hybridized carbons (Fsp3) is 0.217. The first kappa shape index (κ1) is 19.5. The number of carbonyl (C=O) groups is 1. The lowest BCUT2D eigenvalue weighted by Crippen LogP contribution is -2.22. The van der Waals surface area contributed by atoms with Crippen molar-refractivity contribution in [2.45, 2.75) is 31.7 Å². The molecule has 32 heavy (non-hydrogen) atoms. The number of fused-ring (bicyclic) bond motifs is 2. The summed E-state index contributed by atoms with van der Waals surface area (Å²) < 4.78 is 3.96. The Balaban J connectivity index is 1.13. The predicted molar refractivity (Wildman–Crippen MR) is 123 cm³/mol. The maximum absolute atomic E-state index is 12.6. The van der Waals surface area contributed by atoms with Crippen LogP contribution in [-0.4, -0.2) is 29.7 Å². The topological polar surface area (TPSA) is 76.6 Å². The SMILES string of the molecule is O=C(NCc1ncn2ccc(Cl)cc12)c1cnc(Cc2cn3cc(C4CC4)ccc3n2)s1. The minimum atomic E-state index is -0.166. The van der Waals surface area contributed by atoms with Gasteiger partial charge < -0.3 is 14.1 Å². The molecular formula is C23H19ClN6OS. The Morgan fingerprint density at radius 2 is 2.09 bits per heavy atom. The fourth-order valence-electron chi connectivity index (χ4n) is 3.86. The van der Waals surface area contributed by atoms with Crippen molar-refractivity contribution in [3.63, 3.8) is 0 Å². The second kappa shape index (κ2) is 7.72. The second-order valence-electron chi connectivity index (χ2n) is 8.04. The first-order valence-electron chi connectivity index (χ1n) is 10.4. The molecule has 5 aromatic rings. The highest BCUT2D eigenvalue weighted by atomic mass is 35.5. The summed E-state index contributed by atoms with van der Waals surface area (Å²) in [6.07, 6.45) is 12.6. The summed E-state index contributed by atoms with van der Waals surface area (Å²) in [6.45, 7) is 0.318. The number of halogens is 1. The van der Waals surface area contributed by atoms with Gasteiger partial charge >= 0.3 is 0 Å². The maximum Gasteiger partial charge on any atom is 0.263 e. The molecule has 1 amide bonds. The lowest BCUT2D eigenvalue weighted by Gasteiger charge is -2.02.